The zero-order valence-electron chi connectivity index (χ0n) is 22.7. The average molecular weight is 581 g/mol. The molecule has 4 rings (SSSR count). The maximum absolute atomic E-state index is 12.5. The molecule has 1 heterocycles. The fraction of sp³-hybridized carbons (Fsp3) is 0.207. The summed E-state index contributed by atoms with van der Waals surface area (Å²) >= 11 is 5.50. The second kappa shape index (κ2) is 12.3. The van der Waals surface area contributed by atoms with E-state index in [1.807, 2.05) is 25.1 Å². The Labute approximate surface area is 240 Å². The lowest BCUT2D eigenvalue weighted by Crippen LogP contribution is -2.20. The van der Waals surface area contributed by atoms with Gasteiger partial charge in [-0.05, 0) is 67.3 Å². The molecule has 2 N–H and O–H groups in total. The Morgan fingerprint density at radius 3 is 2.22 bits per heavy atom. The molecular weight excluding hydrogens is 553 g/mol. The fourth-order valence-electron chi connectivity index (χ4n) is 4.04. The lowest BCUT2D eigenvalue weighted by Gasteiger charge is -2.10. The smallest absolute Gasteiger partial charge is 0.406 e. The van der Waals surface area contributed by atoms with Crippen molar-refractivity contribution in [3.63, 3.8) is 0 Å². The van der Waals surface area contributed by atoms with Crippen LogP contribution in [-0.2, 0) is 11.2 Å². The number of thiocarbonyl (C=S) groups is 1. The van der Waals surface area contributed by atoms with Crippen LogP contribution in [0.25, 0.3) is 17.1 Å². The van der Waals surface area contributed by atoms with E-state index >= 15 is 0 Å². The lowest BCUT2D eigenvalue weighted by atomic mass is 10.0. The van der Waals surface area contributed by atoms with E-state index in [9.17, 15) is 18.0 Å². The topological polar surface area (TPSA) is 93.4 Å². The van der Waals surface area contributed by atoms with Crippen LogP contribution in [0.3, 0.4) is 0 Å². The Hall–Kier alpha value is -4.58. The van der Waals surface area contributed by atoms with Crippen molar-refractivity contribution in [1.29, 1.82) is 0 Å². The number of carbonyl (C=O) groups excluding carboxylic acids is 1. The molecule has 0 aliphatic rings. The lowest BCUT2D eigenvalue weighted by molar-refractivity contribution is -0.274. The summed E-state index contributed by atoms with van der Waals surface area (Å²) in [6, 6.07) is 18.5. The van der Waals surface area contributed by atoms with Gasteiger partial charge in [-0.25, -0.2) is 0 Å². The maximum atomic E-state index is 12.5. The van der Waals surface area contributed by atoms with E-state index < -0.39 is 6.36 Å². The molecule has 3 aromatic carbocycles. The second-order valence-electron chi connectivity index (χ2n) is 9.25. The first kappa shape index (κ1) is 29.4. The first-order valence-corrected chi connectivity index (χ1v) is 12.9. The normalized spacial score (nSPS) is 11.7. The molecule has 212 valence electrons. The zero-order chi connectivity index (χ0) is 29.7. The average Bonchev–Trinajstić information content (AvgIpc) is 3.32. The Morgan fingerprint density at radius 2 is 1.63 bits per heavy atom. The van der Waals surface area contributed by atoms with Gasteiger partial charge < -0.3 is 4.74 Å². The summed E-state index contributed by atoms with van der Waals surface area (Å²) < 4.78 is 42.8. The maximum Gasteiger partial charge on any atom is 0.573 e. The standard InChI is InChI=1S/C29H27F3N6O2S/c1-17-6-5-7-18(2)25(17)16-26(41)36-35-19(3)21-8-10-22(11-9-21)27-34-28(33-20(4)39)38(37-27)23-12-14-24(15-13-23)40-29(30,31)32/h5-15H,16H2,1-4H3,(H,36,41)(H,33,34,37,39). The number of carbonyl (C=O) groups is 1. The van der Waals surface area contributed by atoms with E-state index in [4.69, 9.17) is 12.2 Å². The summed E-state index contributed by atoms with van der Waals surface area (Å²) in [5.41, 5.74) is 9.11. The van der Waals surface area contributed by atoms with Crippen molar-refractivity contribution in [3.05, 3.63) is 89.0 Å². The third-order valence-electron chi connectivity index (χ3n) is 6.10. The Kier molecular flexibility index (Phi) is 8.82. The number of benzene rings is 3. The van der Waals surface area contributed by atoms with Crippen molar-refractivity contribution in [3.8, 4) is 22.8 Å². The molecule has 1 amide bonds. The van der Waals surface area contributed by atoms with Crippen LogP contribution in [0.5, 0.6) is 5.75 Å². The van der Waals surface area contributed by atoms with E-state index in [1.165, 1.54) is 40.4 Å². The Balaban J connectivity index is 1.50. The Bertz CT molecular complexity index is 1580. The van der Waals surface area contributed by atoms with Crippen LogP contribution in [0.15, 0.2) is 71.8 Å². The van der Waals surface area contributed by atoms with Crippen molar-refractivity contribution in [2.45, 2.75) is 40.5 Å². The largest absolute Gasteiger partial charge is 0.573 e. The first-order valence-electron chi connectivity index (χ1n) is 12.5. The molecule has 0 bridgehead atoms. The van der Waals surface area contributed by atoms with Gasteiger partial charge in [0.1, 0.15) is 10.7 Å². The molecule has 0 spiro atoms. The molecule has 0 radical (unpaired) electrons. The van der Waals surface area contributed by atoms with Gasteiger partial charge in [0.25, 0.3) is 0 Å². The molecular formula is C29H27F3N6O2S. The third-order valence-corrected chi connectivity index (χ3v) is 6.34. The molecule has 0 atom stereocenters. The van der Waals surface area contributed by atoms with E-state index in [-0.39, 0.29) is 17.6 Å². The molecule has 1 aromatic heterocycles. The first-order chi connectivity index (χ1) is 19.4. The van der Waals surface area contributed by atoms with E-state index in [2.05, 4.69) is 56.6 Å². The van der Waals surface area contributed by atoms with Crippen molar-refractivity contribution in [1.82, 2.24) is 20.2 Å². The minimum Gasteiger partial charge on any atom is -0.406 e. The van der Waals surface area contributed by atoms with Crippen molar-refractivity contribution in [2.75, 3.05) is 5.32 Å². The Morgan fingerprint density at radius 1 is 1.00 bits per heavy atom. The van der Waals surface area contributed by atoms with E-state index in [0.717, 1.165) is 23.4 Å². The highest BCUT2D eigenvalue weighted by Crippen LogP contribution is 2.26. The number of aromatic nitrogens is 3. The number of alkyl halides is 3. The fourth-order valence-corrected chi connectivity index (χ4v) is 4.23. The van der Waals surface area contributed by atoms with Gasteiger partial charge >= 0.3 is 6.36 Å². The van der Waals surface area contributed by atoms with Crippen LogP contribution in [0.4, 0.5) is 19.1 Å². The minimum atomic E-state index is -4.80. The quantitative estimate of drug-likeness (QED) is 0.145. The summed E-state index contributed by atoms with van der Waals surface area (Å²) in [7, 11) is 0. The van der Waals surface area contributed by atoms with Crippen molar-refractivity contribution >= 4 is 34.8 Å². The molecule has 8 nitrogen and oxygen atoms in total. The molecule has 0 aliphatic carbocycles. The highest BCUT2D eigenvalue weighted by atomic mass is 32.1. The van der Waals surface area contributed by atoms with Crippen LogP contribution >= 0.6 is 12.2 Å². The summed E-state index contributed by atoms with van der Waals surface area (Å²) in [4.78, 5) is 16.8. The summed E-state index contributed by atoms with van der Waals surface area (Å²) in [5, 5.41) is 11.5. The van der Waals surface area contributed by atoms with Gasteiger partial charge in [0, 0.05) is 18.9 Å². The molecule has 4 aromatic rings. The van der Waals surface area contributed by atoms with Crippen LogP contribution in [0.2, 0.25) is 0 Å². The molecule has 0 unspecified atom stereocenters. The van der Waals surface area contributed by atoms with Gasteiger partial charge in [-0.2, -0.15) is 14.8 Å². The highest BCUT2D eigenvalue weighted by Gasteiger charge is 2.31. The molecule has 0 aliphatic heterocycles. The summed E-state index contributed by atoms with van der Waals surface area (Å²) in [5.74, 6) is -0.345. The van der Waals surface area contributed by atoms with Crippen LogP contribution in [0, 0.1) is 13.8 Å². The van der Waals surface area contributed by atoms with Crippen molar-refractivity contribution in [2.24, 2.45) is 5.10 Å². The number of rotatable bonds is 8. The molecule has 0 saturated carbocycles. The zero-order valence-corrected chi connectivity index (χ0v) is 23.5. The number of hydrogen-bond acceptors (Lipinski definition) is 6. The van der Waals surface area contributed by atoms with Gasteiger partial charge in [0.05, 0.1) is 11.4 Å². The summed E-state index contributed by atoms with van der Waals surface area (Å²) in [6.07, 6.45) is -4.21. The SMILES string of the molecule is CC(=O)Nc1nc(-c2ccc(C(C)=NNC(=S)Cc3c(C)cccc3C)cc2)nn1-c1ccc(OC(F)(F)F)cc1. The van der Waals surface area contributed by atoms with Gasteiger partial charge in [0.2, 0.25) is 11.9 Å². The number of amides is 1. The third kappa shape index (κ3) is 7.76. The molecule has 0 fully saturated rings. The number of nitrogens with one attached hydrogen (secondary N) is 2. The van der Waals surface area contributed by atoms with Crippen LogP contribution in [-0.4, -0.2) is 37.7 Å². The van der Waals surface area contributed by atoms with Crippen LogP contribution < -0.4 is 15.5 Å². The number of anilines is 1. The predicted molar refractivity (Wildman–Crippen MR) is 155 cm³/mol. The van der Waals surface area contributed by atoms with Gasteiger partial charge in [-0.1, -0.05) is 54.7 Å². The predicted octanol–water partition coefficient (Wildman–Crippen LogP) is 6.29. The monoisotopic (exact) mass is 580 g/mol. The summed E-state index contributed by atoms with van der Waals surface area (Å²) in [6.45, 7) is 7.29. The van der Waals surface area contributed by atoms with Gasteiger partial charge in [-0.3, -0.25) is 15.5 Å². The number of halogens is 3. The van der Waals surface area contributed by atoms with Gasteiger partial charge in [-0.15, -0.1) is 18.3 Å². The second-order valence-corrected chi connectivity index (χ2v) is 9.74. The van der Waals surface area contributed by atoms with Crippen molar-refractivity contribution < 1.29 is 22.7 Å². The number of aryl methyl sites for hydroxylation is 2. The number of hydrogen-bond donors (Lipinski definition) is 2. The highest BCUT2D eigenvalue weighted by molar-refractivity contribution is 7.80. The van der Waals surface area contributed by atoms with Crippen LogP contribution in [0.1, 0.15) is 36.1 Å². The molecule has 0 saturated heterocycles. The number of ether oxygens (including phenoxy) is 1. The van der Waals surface area contributed by atoms with E-state index in [1.54, 1.807) is 12.1 Å². The number of nitrogens with zero attached hydrogens (tertiary/aromatic N) is 4. The van der Waals surface area contributed by atoms with Gasteiger partial charge in [0.15, 0.2) is 5.82 Å². The van der Waals surface area contributed by atoms with E-state index in [0.29, 0.717) is 28.5 Å². The number of hydrazone groups is 1. The minimum absolute atomic E-state index is 0.111. The molecule has 41 heavy (non-hydrogen) atoms. The molecule has 12 heteroatoms.